The average Bonchev–Trinajstić information content (AvgIpc) is 3.52. The van der Waals surface area contributed by atoms with E-state index in [1.165, 1.54) is 22.8 Å². The lowest BCUT2D eigenvalue weighted by Gasteiger charge is -2.24. The van der Waals surface area contributed by atoms with Crippen LogP contribution in [0, 0.1) is 10.1 Å². The number of aromatic nitrogens is 1. The van der Waals surface area contributed by atoms with E-state index in [4.69, 9.17) is 25.5 Å². The van der Waals surface area contributed by atoms with E-state index in [2.05, 4.69) is 4.99 Å². The Morgan fingerprint density at radius 2 is 1.93 bits per heavy atom. The van der Waals surface area contributed by atoms with Gasteiger partial charge in [0.15, 0.2) is 4.80 Å². The van der Waals surface area contributed by atoms with Crippen LogP contribution in [-0.2, 0) is 9.53 Å². The SMILES string of the molecule is CCOC(=O)C1=C(C)N=c2s/c(=C\c3ccc(-c4ccc(Cl)cc4[N+](=O)[O-])o3)c(=O)n2[C@H]1c1ccc(OCC)cc1. The monoisotopic (exact) mass is 593 g/mol. The number of esters is 1. The molecule has 1 aliphatic rings. The minimum Gasteiger partial charge on any atom is -0.494 e. The number of carbonyl (C=O) groups excluding carboxylic acids is 1. The van der Waals surface area contributed by atoms with Crippen LogP contribution in [0.4, 0.5) is 5.69 Å². The minimum atomic E-state index is -0.771. The lowest BCUT2D eigenvalue weighted by molar-refractivity contribution is -0.384. The molecule has 41 heavy (non-hydrogen) atoms. The van der Waals surface area contributed by atoms with Crippen molar-refractivity contribution >= 4 is 40.7 Å². The first kappa shape index (κ1) is 28.1. The maximum atomic E-state index is 13.8. The molecule has 10 nitrogen and oxygen atoms in total. The second kappa shape index (κ2) is 11.6. The van der Waals surface area contributed by atoms with Gasteiger partial charge >= 0.3 is 5.97 Å². The Labute approximate surface area is 242 Å². The number of benzene rings is 2. The zero-order valence-electron chi connectivity index (χ0n) is 22.3. The smallest absolute Gasteiger partial charge is 0.338 e. The lowest BCUT2D eigenvalue weighted by atomic mass is 9.96. The lowest BCUT2D eigenvalue weighted by Crippen LogP contribution is -2.39. The molecule has 0 amide bonds. The number of carbonyl (C=O) groups is 1. The van der Waals surface area contributed by atoms with Crippen LogP contribution in [0.5, 0.6) is 5.75 Å². The number of rotatable bonds is 8. The molecule has 0 bridgehead atoms. The molecule has 0 radical (unpaired) electrons. The van der Waals surface area contributed by atoms with Crippen molar-refractivity contribution in [3.63, 3.8) is 0 Å². The fraction of sp³-hybridized carbons (Fsp3) is 0.207. The standard InChI is InChI=1S/C29H24ClN3O7S/c1-4-38-19-9-6-17(7-10-19)26-25(28(35)39-5-2)16(3)31-29-32(26)27(34)24(41-29)15-20-11-13-23(40-20)21-12-8-18(30)14-22(21)33(36)37/h6-15,26H,4-5H2,1-3H3/b24-15-/t26-/m0/s1. The van der Waals surface area contributed by atoms with Gasteiger partial charge in [0.1, 0.15) is 17.3 Å². The van der Waals surface area contributed by atoms with Crippen LogP contribution in [0.1, 0.15) is 38.1 Å². The van der Waals surface area contributed by atoms with Crippen LogP contribution in [0.3, 0.4) is 0 Å². The summed E-state index contributed by atoms with van der Waals surface area (Å²) in [7, 11) is 0. The minimum absolute atomic E-state index is 0.169. The quantitative estimate of drug-likeness (QED) is 0.159. The third-order valence-corrected chi connectivity index (χ3v) is 7.56. The van der Waals surface area contributed by atoms with Gasteiger partial charge in [-0.2, -0.15) is 0 Å². The topological polar surface area (TPSA) is 126 Å². The molecule has 12 heteroatoms. The van der Waals surface area contributed by atoms with E-state index >= 15 is 0 Å². The van der Waals surface area contributed by atoms with Crippen LogP contribution in [-0.4, -0.2) is 28.7 Å². The van der Waals surface area contributed by atoms with Crippen LogP contribution in [0.2, 0.25) is 5.02 Å². The average molecular weight is 594 g/mol. The van der Waals surface area contributed by atoms with Crippen molar-refractivity contribution in [2.75, 3.05) is 13.2 Å². The zero-order valence-corrected chi connectivity index (χ0v) is 23.8. The largest absolute Gasteiger partial charge is 0.494 e. The second-order valence-corrected chi connectivity index (χ2v) is 10.4. The van der Waals surface area contributed by atoms with Crippen molar-refractivity contribution < 1.29 is 23.6 Å². The fourth-order valence-electron chi connectivity index (χ4n) is 4.59. The van der Waals surface area contributed by atoms with E-state index in [0.717, 1.165) is 11.3 Å². The molecule has 1 atom stereocenters. The number of hydrogen-bond acceptors (Lipinski definition) is 9. The summed E-state index contributed by atoms with van der Waals surface area (Å²) < 4.78 is 18.5. The summed E-state index contributed by atoms with van der Waals surface area (Å²) in [4.78, 5) is 42.8. The van der Waals surface area contributed by atoms with Crippen molar-refractivity contribution in [1.82, 2.24) is 4.57 Å². The molecule has 2 aromatic heterocycles. The summed E-state index contributed by atoms with van der Waals surface area (Å²) in [6.07, 6.45) is 1.55. The van der Waals surface area contributed by atoms with Gasteiger partial charge < -0.3 is 13.9 Å². The number of thiazole rings is 1. The highest BCUT2D eigenvalue weighted by atomic mass is 35.5. The highest BCUT2D eigenvalue weighted by Crippen LogP contribution is 2.34. The van der Waals surface area contributed by atoms with Crippen molar-refractivity contribution in [2.45, 2.75) is 26.8 Å². The molecule has 0 spiro atoms. The summed E-state index contributed by atoms with van der Waals surface area (Å²) in [5.74, 6) is 0.673. The maximum Gasteiger partial charge on any atom is 0.338 e. The number of hydrogen-bond donors (Lipinski definition) is 0. The summed E-state index contributed by atoms with van der Waals surface area (Å²) in [6, 6.07) is 13.9. The molecule has 4 aromatic rings. The third-order valence-electron chi connectivity index (χ3n) is 6.35. The molecule has 3 heterocycles. The van der Waals surface area contributed by atoms with E-state index < -0.39 is 16.9 Å². The second-order valence-electron chi connectivity index (χ2n) is 8.92. The number of furan rings is 1. The zero-order chi connectivity index (χ0) is 29.3. The van der Waals surface area contributed by atoms with Gasteiger partial charge in [0.2, 0.25) is 0 Å². The molecule has 5 rings (SSSR count). The van der Waals surface area contributed by atoms with Gasteiger partial charge in [-0.3, -0.25) is 19.5 Å². The van der Waals surface area contributed by atoms with E-state index in [9.17, 15) is 19.7 Å². The van der Waals surface area contributed by atoms with Crippen LogP contribution in [0.15, 0.2) is 80.1 Å². The van der Waals surface area contributed by atoms with Gasteiger partial charge in [0, 0.05) is 17.2 Å². The number of fused-ring (bicyclic) bond motifs is 1. The van der Waals surface area contributed by atoms with E-state index in [-0.39, 0.29) is 39.8 Å². The first-order valence-corrected chi connectivity index (χ1v) is 13.9. The Balaban J connectivity index is 1.62. The molecule has 0 saturated carbocycles. The number of nitrogens with zero attached hydrogens (tertiary/aromatic N) is 3. The summed E-state index contributed by atoms with van der Waals surface area (Å²) in [5, 5.41) is 11.8. The van der Waals surface area contributed by atoms with Gasteiger partial charge in [-0.25, -0.2) is 9.79 Å². The number of nitro benzene ring substituents is 1. The summed E-state index contributed by atoms with van der Waals surface area (Å²) in [5.41, 5.74) is 1.09. The molecule has 0 saturated heterocycles. The Morgan fingerprint density at radius 3 is 2.61 bits per heavy atom. The molecule has 0 N–H and O–H groups in total. The predicted octanol–water partition coefficient (Wildman–Crippen LogP) is 5.02. The molecule has 1 aliphatic heterocycles. The van der Waals surface area contributed by atoms with Crippen LogP contribution >= 0.6 is 22.9 Å². The molecule has 0 unspecified atom stereocenters. The van der Waals surface area contributed by atoms with Crippen molar-refractivity contribution in [3.05, 3.63) is 112 Å². The number of allylic oxidation sites excluding steroid dienone is 1. The summed E-state index contributed by atoms with van der Waals surface area (Å²) in [6.45, 7) is 5.98. The van der Waals surface area contributed by atoms with Crippen LogP contribution in [0.25, 0.3) is 17.4 Å². The Hall–Kier alpha value is -4.48. The predicted molar refractivity (Wildman–Crippen MR) is 154 cm³/mol. The molecule has 0 aliphatic carbocycles. The third kappa shape index (κ3) is 5.46. The number of halogens is 1. The van der Waals surface area contributed by atoms with E-state index in [0.29, 0.717) is 38.7 Å². The van der Waals surface area contributed by atoms with Crippen molar-refractivity contribution in [3.8, 4) is 17.1 Å². The van der Waals surface area contributed by atoms with Crippen molar-refractivity contribution in [2.24, 2.45) is 4.99 Å². The summed E-state index contributed by atoms with van der Waals surface area (Å²) >= 11 is 7.08. The van der Waals surface area contributed by atoms with E-state index in [1.54, 1.807) is 44.2 Å². The maximum absolute atomic E-state index is 13.8. The highest BCUT2D eigenvalue weighted by molar-refractivity contribution is 7.07. The normalized spacial score (nSPS) is 14.9. The molecule has 2 aromatic carbocycles. The van der Waals surface area contributed by atoms with Crippen LogP contribution < -0.4 is 19.6 Å². The highest BCUT2D eigenvalue weighted by Gasteiger charge is 2.33. The number of nitro groups is 1. The Morgan fingerprint density at radius 1 is 1.17 bits per heavy atom. The molecule has 210 valence electrons. The molecule has 0 fully saturated rings. The fourth-order valence-corrected chi connectivity index (χ4v) is 5.78. The first-order chi connectivity index (χ1) is 19.7. The van der Waals surface area contributed by atoms with Gasteiger partial charge in [0.25, 0.3) is 11.2 Å². The Bertz CT molecular complexity index is 1870. The van der Waals surface area contributed by atoms with E-state index in [1.807, 2.05) is 19.1 Å². The first-order valence-electron chi connectivity index (χ1n) is 12.7. The van der Waals surface area contributed by atoms with Gasteiger partial charge in [-0.1, -0.05) is 35.1 Å². The van der Waals surface area contributed by atoms with Gasteiger partial charge in [0.05, 0.1) is 45.5 Å². The molecular weight excluding hydrogens is 570 g/mol. The number of ether oxygens (including phenoxy) is 2. The van der Waals surface area contributed by atoms with Gasteiger partial charge in [-0.15, -0.1) is 0 Å². The van der Waals surface area contributed by atoms with Gasteiger partial charge in [-0.05, 0) is 62.7 Å². The van der Waals surface area contributed by atoms with Crippen molar-refractivity contribution in [1.29, 1.82) is 0 Å². The molecular formula is C29H24ClN3O7S. The Kier molecular flexibility index (Phi) is 7.91.